The lowest BCUT2D eigenvalue weighted by atomic mass is 9.88. The summed E-state index contributed by atoms with van der Waals surface area (Å²) < 4.78 is 33.3. The van der Waals surface area contributed by atoms with Gasteiger partial charge in [-0.25, -0.2) is 13.8 Å². The number of aryl methyl sites for hydroxylation is 1. The topological polar surface area (TPSA) is 113 Å². The van der Waals surface area contributed by atoms with Crippen LogP contribution in [0.5, 0.6) is 5.75 Å². The van der Waals surface area contributed by atoms with E-state index < -0.39 is 22.1 Å². The molecule has 1 saturated heterocycles. The third-order valence-corrected chi connectivity index (χ3v) is 6.96. The van der Waals surface area contributed by atoms with Crippen LogP contribution < -0.4 is 13.8 Å². The number of anilines is 1. The SMILES string of the molecule is CC(C)(CO)CCCCCc1ccc(OC(=O)c2ccccc2)c(N2CC(=O)NS2(=O)=O)c1. The average molecular weight is 475 g/mol. The number of rotatable bonds is 10. The third-order valence-electron chi connectivity index (χ3n) is 5.57. The fourth-order valence-corrected chi connectivity index (χ4v) is 4.73. The Morgan fingerprint density at radius 3 is 2.48 bits per heavy atom. The Labute approximate surface area is 194 Å². The van der Waals surface area contributed by atoms with Gasteiger partial charge in [0.1, 0.15) is 6.54 Å². The van der Waals surface area contributed by atoms with Gasteiger partial charge in [0.05, 0.1) is 11.3 Å². The minimum atomic E-state index is -4.06. The summed E-state index contributed by atoms with van der Waals surface area (Å²) in [6.45, 7) is 3.83. The van der Waals surface area contributed by atoms with Gasteiger partial charge in [-0.05, 0) is 54.5 Å². The molecule has 178 valence electrons. The predicted molar refractivity (Wildman–Crippen MR) is 125 cm³/mol. The molecule has 2 aromatic carbocycles. The number of aliphatic hydroxyl groups excluding tert-OH is 1. The number of nitrogens with zero attached hydrogens (tertiary/aromatic N) is 1. The molecule has 0 saturated carbocycles. The van der Waals surface area contributed by atoms with E-state index in [1.165, 1.54) is 0 Å². The normalized spacial score (nSPS) is 15.4. The second-order valence-electron chi connectivity index (χ2n) is 8.98. The molecular formula is C24H30N2O6S. The number of esters is 1. The van der Waals surface area contributed by atoms with Gasteiger partial charge in [-0.3, -0.25) is 4.79 Å². The van der Waals surface area contributed by atoms with Crippen molar-refractivity contribution < 1.29 is 27.9 Å². The van der Waals surface area contributed by atoms with Crippen LogP contribution >= 0.6 is 0 Å². The average Bonchev–Trinajstić information content (AvgIpc) is 3.06. The molecule has 1 amide bonds. The van der Waals surface area contributed by atoms with Gasteiger partial charge in [-0.15, -0.1) is 0 Å². The van der Waals surface area contributed by atoms with Crippen molar-refractivity contribution in [3.05, 3.63) is 59.7 Å². The smallest absolute Gasteiger partial charge is 0.343 e. The number of hydrogen-bond donors (Lipinski definition) is 2. The van der Waals surface area contributed by atoms with Gasteiger partial charge in [0, 0.05) is 6.61 Å². The molecule has 9 heteroatoms. The Morgan fingerprint density at radius 2 is 1.85 bits per heavy atom. The number of ether oxygens (including phenoxy) is 1. The van der Waals surface area contributed by atoms with E-state index in [4.69, 9.17) is 4.74 Å². The molecule has 2 aromatic rings. The molecule has 3 rings (SSSR count). The molecule has 0 aliphatic carbocycles. The van der Waals surface area contributed by atoms with Crippen LogP contribution in [0.2, 0.25) is 0 Å². The summed E-state index contributed by atoms with van der Waals surface area (Å²) in [4.78, 5) is 24.3. The molecule has 0 unspecified atom stereocenters. The number of hydrogen-bond acceptors (Lipinski definition) is 6. The summed E-state index contributed by atoms with van der Waals surface area (Å²) in [6, 6.07) is 13.4. The molecule has 0 aromatic heterocycles. The molecule has 1 fully saturated rings. The maximum absolute atomic E-state index is 12.6. The molecule has 2 N–H and O–H groups in total. The highest BCUT2D eigenvalue weighted by Crippen LogP contribution is 2.34. The monoisotopic (exact) mass is 474 g/mol. The van der Waals surface area contributed by atoms with Crippen LogP contribution in [-0.2, 0) is 21.4 Å². The van der Waals surface area contributed by atoms with Gasteiger partial charge in [0.25, 0.3) is 5.91 Å². The maximum atomic E-state index is 12.6. The number of aliphatic hydroxyl groups is 1. The predicted octanol–water partition coefficient (Wildman–Crippen LogP) is 3.21. The third kappa shape index (κ3) is 6.55. The number of unbranched alkanes of at least 4 members (excludes halogenated alkanes) is 2. The lowest BCUT2D eigenvalue weighted by molar-refractivity contribution is -0.117. The summed E-state index contributed by atoms with van der Waals surface area (Å²) in [7, 11) is -4.06. The lowest BCUT2D eigenvalue weighted by Crippen LogP contribution is -2.30. The fraction of sp³-hybridized carbons (Fsp3) is 0.417. The quantitative estimate of drug-likeness (QED) is 0.311. The molecule has 0 atom stereocenters. The van der Waals surface area contributed by atoms with Gasteiger partial charge in [-0.1, -0.05) is 51.0 Å². The second kappa shape index (κ2) is 10.4. The largest absolute Gasteiger partial charge is 0.421 e. The van der Waals surface area contributed by atoms with Crippen molar-refractivity contribution in [3.63, 3.8) is 0 Å². The van der Waals surface area contributed by atoms with Crippen LogP contribution in [0.3, 0.4) is 0 Å². The number of amides is 1. The highest BCUT2D eigenvalue weighted by molar-refractivity contribution is 7.92. The number of carbonyl (C=O) groups excluding carboxylic acids is 2. The first-order chi connectivity index (χ1) is 15.6. The first-order valence-electron chi connectivity index (χ1n) is 11.0. The van der Waals surface area contributed by atoms with Gasteiger partial charge in [-0.2, -0.15) is 8.42 Å². The standard InChI is InChI=1S/C24H30N2O6S/c1-24(2,17-27)14-8-4-5-9-18-12-13-21(32-23(29)19-10-6-3-7-11-19)20(15-18)26-16-22(28)25-33(26,30)31/h3,6-7,10-13,15,27H,4-5,8-9,14,16-17H2,1-2H3,(H,25,28). The van der Waals surface area contributed by atoms with E-state index in [-0.39, 0.29) is 30.0 Å². The molecule has 0 radical (unpaired) electrons. The van der Waals surface area contributed by atoms with Crippen LogP contribution in [0.25, 0.3) is 0 Å². The summed E-state index contributed by atoms with van der Waals surface area (Å²) >= 11 is 0. The van der Waals surface area contributed by atoms with Gasteiger partial charge in [0.2, 0.25) is 0 Å². The summed E-state index contributed by atoms with van der Waals surface area (Å²) in [6.07, 6.45) is 4.45. The van der Waals surface area contributed by atoms with E-state index in [1.54, 1.807) is 48.5 Å². The first-order valence-corrected chi connectivity index (χ1v) is 12.4. The Hall–Kier alpha value is -2.91. The van der Waals surface area contributed by atoms with E-state index in [9.17, 15) is 23.1 Å². The molecule has 33 heavy (non-hydrogen) atoms. The van der Waals surface area contributed by atoms with E-state index in [0.29, 0.717) is 12.0 Å². The van der Waals surface area contributed by atoms with Crippen LogP contribution in [0.15, 0.2) is 48.5 Å². The van der Waals surface area contributed by atoms with Crippen LogP contribution in [0.4, 0.5) is 5.69 Å². The van der Waals surface area contributed by atoms with E-state index in [0.717, 1.165) is 35.6 Å². The highest BCUT2D eigenvalue weighted by Gasteiger charge is 2.36. The van der Waals surface area contributed by atoms with Crippen molar-refractivity contribution in [3.8, 4) is 5.75 Å². The van der Waals surface area contributed by atoms with Crippen molar-refractivity contribution in [1.29, 1.82) is 0 Å². The van der Waals surface area contributed by atoms with Crippen molar-refractivity contribution in [2.45, 2.75) is 46.0 Å². The zero-order chi connectivity index (χ0) is 24.1. The summed E-state index contributed by atoms with van der Waals surface area (Å²) in [5.74, 6) is -1.20. The van der Waals surface area contributed by atoms with Crippen molar-refractivity contribution >= 4 is 27.8 Å². The van der Waals surface area contributed by atoms with Crippen LogP contribution in [-0.4, -0.2) is 38.6 Å². The molecule has 0 spiro atoms. The van der Waals surface area contributed by atoms with E-state index >= 15 is 0 Å². The zero-order valence-corrected chi connectivity index (χ0v) is 19.7. The lowest BCUT2D eigenvalue weighted by Gasteiger charge is -2.21. The summed E-state index contributed by atoms with van der Waals surface area (Å²) in [5.41, 5.74) is 1.26. The molecule has 1 aliphatic rings. The summed E-state index contributed by atoms with van der Waals surface area (Å²) in [5, 5.41) is 9.37. The molecule has 0 bridgehead atoms. The Bertz CT molecular complexity index is 1100. The number of carbonyl (C=O) groups is 2. The minimum absolute atomic E-state index is 0.0670. The zero-order valence-electron chi connectivity index (χ0n) is 18.9. The maximum Gasteiger partial charge on any atom is 0.343 e. The van der Waals surface area contributed by atoms with Crippen molar-refractivity contribution in [1.82, 2.24) is 4.72 Å². The van der Waals surface area contributed by atoms with Crippen molar-refractivity contribution in [2.24, 2.45) is 5.41 Å². The Balaban J connectivity index is 1.77. The van der Waals surface area contributed by atoms with E-state index in [2.05, 4.69) is 0 Å². The highest BCUT2D eigenvalue weighted by atomic mass is 32.2. The molecule has 8 nitrogen and oxygen atoms in total. The minimum Gasteiger partial charge on any atom is -0.421 e. The number of nitrogens with one attached hydrogen (secondary N) is 1. The van der Waals surface area contributed by atoms with Gasteiger partial charge >= 0.3 is 16.2 Å². The Morgan fingerprint density at radius 1 is 1.12 bits per heavy atom. The van der Waals surface area contributed by atoms with Crippen LogP contribution in [0.1, 0.15) is 55.5 Å². The first kappa shape index (κ1) is 24.7. The van der Waals surface area contributed by atoms with Gasteiger partial charge in [0.15, 0.2) is 5.75 Å². The molecule has 1 aliphatic heterocycles. The van der Waals surface area contributed by atoms with Crippen LogP contribution in [0, 0.1) is 5.41 Å². The molecular weight excluding hydrogens is 444 g/mol. The van der Waals surface area contributed by atoms with E-state index in [1.807, 2.05) is 18.6 Å². The second-order valence-corrected chi connectivity index (χ2v) is 10.6. The molecule has 1 heterocycles. The van der Waals surface area contributed by atoms with Crippen molar-refractivity contribution in [2.75, 3.05) is 17.5 Å². The number of benzene rings is 2. The Kier molecular flexibility index (Phi) is 7.76. The fourth-order valence-electron chi connectivity index (χ4n) is 3.58. The van der Waals surface area contributed by atoms with Gasteiger partial charge < -0.3 is 9.84 Å².